The van der Waals surface area contributed by atoms with Crippen molar-refractivity contribution in [3.63, 3.8) is 0 Å². The van der Waals surface area contributed by atoms with Crippen LogP contribution in [0.25, 0.3) is 0 Å². The molecule has 0 saturated heterocycles. The summed E-state index contributed by atoms with van der Waals surface area (Å²) < 4.78 is 0. The van der Waals surface area contributed by atoms with Gasteiger partial charge in [-0.25, -0.2) is 0 Å². The van der Waals surface area contributed by atoms with Crippen molar-refractivity contribution in [3.8, 4) is 0 Å². The summed E-state index contributed by atoms with van der Waals surface area (Å²) in [7, 11) is 0. The van der Waals surface area contributed by atoms with E-state index >= 15 is 0 Å². The van der Waals surface area contributed by atoms with Gasteiger partial charge in [0.25, 0.3) is 0 Å². The molecule has 3 N–H and O–H groups in total. The number of hydrogen-bond donors (Lipinski definition) is 2. The molecule has 1 atom stereocenters. The highest BCUT2D eigenvalue weighted by Crippen LogP contribution is 2.22. The molecule has 0 aliphatic heterocycles. The lowest BCUT2D eigenvalue weighted by molar-refractivity contribution is -0.125. The van der Waals surface area contributed by atoms with Gasteiger partial charge >= 0.3 is 0 Å². The Morgan fingerprint density at radius 1 is 1.25 bits per heavy atom. The molecule has 0 spiro atoms. The van der Waals surface area contributed by atoms with Crippen molar-refractivity contribution in [2.24, 2.45) is 11.1 Å². The third-order valence-corrected chi connectivity index (χ3v) is 3.76. The first-order valence-electron chi connectivity index (χ1n) is 7.55. The summed E-state index contributed by atoms with van der Waals surface area (Å²) in [6.45, 7) is 6.59. The molecular formula is C17H28N2O. The van der Waals surface area contributed by atoms with Gasteiger partial charge in [-0.1, -0.05) is 56.5 Å². The van der Waals surface area contributed by atoms with Crippen molar-refractivity contribution in [2.45, 2.75) is 52.5 Å². The molecular weight excluding hydrogens is 248 g/mol. The number of carbonyl (C=O) groups is 1. The maximum Gasteiger partial charge on any atom is 0.224 e. The number of rotatable bonds is 9. The Morgan fingerprint density at radius 2 is 1.90 bits per heavy atom. The number of nitrogens with two attached hydrogens (primary N) is 1. The second kappa shape index (κ2) is 8.05. The molecule has 0 aliphatic rings. The molecule has 0 saturated carbocycles. The maximum absolute atomic E-state index is 11.4. The molecule has 0 fully saturated rings. The highest BCUT2D eigenvalue weighted by Gasteiger charge is 2.25. The molecule has 3 nitrogen and oxygen atoms in total. The number of benzene rings is 1. The standard InChI is InChI=1S/C17H28N2O/c1-4-5-7-12-15(14-10-8-6-9-11-14)19-13-17(2,3)16(18)20/h6,8-11,15,19H,4-5,7,12-13H2,1-3H3,(H2,18,20). The monoisotopic (exact) mass is 276 g/mol. The van der Waals surface area contributed by atoms with Gasteiger partial charge in [0.15, 0.2) is 0 Å². The van der Waals surface area contributed by atoms with Crippen molar-refractivity contribution >= 4 is 5.91 Å². The predicted molar refractivity (Wildman–Crippen MR) is 84.3 cm³/mol. The Kier molecular flexibility index (Phi) is 6.73. The second-order valence-electron chi connectivity index (χ2n) is 6.09. The van der Waals surface area contributed by atoms with Gasteiger partial charge < -0.3 is 11.1 Å². The van der Waals surface area contributed by atoms with E-state index in [0.717, 1.165) is 6.42 Å². The SMILES string of the molecule is CCCCCC(NCC(C)(C)C(N)=O)c1ccccc1. The van der Waals surface area contributed by atoms with Crippen molar-refractivity contribution in [1.29, 1.82) is 0 Å². The number of amides is 1. The first kappa shape index (κ1) is 16.7. The largest absolute Gasteiger partial charge is 0.369 e. The number of hydrogen-bond acceptors (Lipinski definition) is 2. The van der Waals surface area contributed by atoms with Gasteiger partial charge in [-0.05, 0) is 25.8 Å². The summed E-state index contributed by atoms with van der Waals surface area (Å²) in [5, 5.41) is 3.52. The van der Waals surface area contributed by atoms with Crippen molar-refractivity contribution in [1.82, 2.24) is 5.32 Å². The molecule has 1 amide bonds. The van der Waals surface area contributed by atoms with Crippen LogP contribution in [-0.2, 0) is 4.79 Å². The summed E-state index contributed by atoms with van der Waals surface area (Å²) in [6.07, 6.45) is 4.74. The Bertz CT molecular complexity index is 401. The Morgan fingerprint density at radius 3 is 2.45 bits per heavy atom. The number of carbonyl (C=O) groups excluding carboxylic acids is 1. The topological polar surface area (TPSA) is 55.1 Å². The molecule has 1 unspecified atom stereocenters. The quantitative estimate of drug-likeness (QED) is 0.679. The van der Waals surface area contributed by atoms with Crippen molar-refractivity contribution in [2.75, 3.05) is 6.54 Å². The highest BCUT2D eigenvalue weighted by atomic mass is 16.1. The lowest BCUT2D eigenvalue weighted by atomic mass is 9.91. The van der Waals surface area contributed by atoms with Crippen LogP contribution in [0.4, 0.5) is 0 Å². The zero-order chi connectivity index (χ0) is 15.0. The van der Waals surface area contributed by atoms with Crippen LogP contribution in [0.2, 0.25) is 0 Å². The minimum absolute atomic E-state index is 0.259. The van der Waals surface area contributed by atoms with E-state index in [0.29, 0.717) is 12.6 Å². The average Bonchev–Trinajstić information content (AvgIpc) is 2.43. The van der Waals surface area contributed by atoms with E-state index in [-0.39, 0.29) is 5.91 Å². The van der Waals surface area contributed by atoms with Gasteiger partial charge in [-0.2, -0.15) is 0 Å². The molecule has 3 heteroatoms. The molecule has 20 heavy (non-hydrogen) atoms. The molecule has 0 aliphatic carbocycles. The summed E-state index contributed by atoms with van der Waals surface area (Å²) in [5.74, 6) is -0.259. The van der Waals surface area contributed by atoms with Gasteiger partial charge in [-0.3, -0.25) is 4.79 Å². The summed E-state index contributed by atoms with van der Waals surface area (Å²) in [6, 6.07) is 10.7. The predicted octanol–water partition coefficient (Wildman–Crippen LogP) is 3.41. The fraction of sp³-hybridized carbons (Fsp3) is 0.588. The van der Waals surface area contributed by atoms with Crippen LogP contribution in [0.1, 0.15) is 58.1 Å². The number of nitrogens with one attached hydrogen (secondary N) is 1. The number of primary amides is 1. The molecule has 1 aromatic carbocycles. The lowest BCUT2D eigenvalue weighted by Gasteiger charge is -2.26. The van der Waals surface area contributed by atoms with Gasteiger partial charge in [0.2, 0.25) is 5.91 Å². The minimum Gasteiger partial charge on any atom is -0.369 e. The van der Waals surface area contributed by atoms with E-state index in [1.807, 2.05) is 19.9 Å². The van der Waals surface area contributed by atoms with Crippen LogP contribution < -0.4 is 11.1 Å². The Labute approximate surface area is 122 Å². The summed E-state index contributed by atoms with van der Waals surface area (Å²) in [5.41, 5.74) is 6.20. The van der Waals surface area contributed by atoms with Gasteiger partial charge in [-0.15, -0.1) is 0 Å². The third kappa shape index (κ3) is 5.33. The van der Waals surface area contributed by atoms with Crippen LogP contribution in [-0.4, -0.2) is 12.5 Å². The van der Waals surface area contributed by atoms with E-state index in [1.165, 1.54) is 24.8 Å². The van der Waals surface area contributed by atoms with Crippen molar-refractivity contribution < 1.29 is 4.79 Å². The van der Waals surface area contributed by atoms with E-state index in [4.69, 9.17) is 5.73 Å². The smallest absolute Gasteiger partial charge is 0.224 e. The molecule has 0 bridgehead atoms. The number of unbranched alkanes of at least 4 members (excludes halogenated alkanes) is 2. The van der Waals surface area contributed by atoms with E-state index in [2.05, 4.69) is 36.5 Å². The maximum atomic E-state index is 11.4. The Hall–Kier alpha value is -1.35. The molecule has 0 heterocycles. The van der Waals surface area contributed by atoms with Crippen LogP contribution in [0, 0.1) is 5.41 Å². The summed E-state index contributed by atoms with van der Waals surface area (Å²) >= 11 is 0. The second-order valence-corrected chi connectivity index (χ2v) is 6.09. The zero-order valence-electron chi connectivity index (χ0n) is 13.0. The Balaban J connectivity index is 2.66. The minimum atomic E-state index is -0.516. The van der Waals surface area contributed by atoms with E-state index in [1.54, 1.807) is 0 Å². The van der Waals surface area contributed by atoms with Crippen molar-refractivity contribution in [3.05, 3.63) is 35.9 Å². The molecule has 1 aromatic rings. The molecule has 112 valence electrons. The van der Waals surface area contributed by atoms with Crippen LogP contribution in [0.15, 0.2) is 30.3 Å². The molecule has 0 aromatic heterocycles. The van der Waals surface area contributed by atoms with Crippen LogP contribution in [0.5, 0.6) is 0 Å². The van der Waals surface area contributed by atoms with Gasteiger partial charge in [0.1, 0.15) is 0 Å². The van der Waals surface area contributed by atoms with E-state index < -0.39 is 5.41 Å². The lowest BCUT2D eigenvalue weighted by Crippen LogP contribution is -2.41. The van der Waals surface area contributed by atoms with E-state index in [9.17, 15) is 4.79 Å². The van der Waals surface area contributed by atoms with Gasteiger partial charge in [0.05, 0.1) is 5.41 Å². The highest BCUT2D eigenvalue weighted by molar-refractivity contribution is 5.80. The molecule has 0 radical (unpaired) electrons. The fourth-order valence-electron chi connectivity index (χ4n) is 2.14. The first-order valence-corrected chi connectivity index (χ1v) is 7.55. The average molecular weight is 276 g/mol. The summed E-state index contributed by atoms with van der Waals surface area (Å²) in [4.78, 5) is 11.4. The normalized spacial score (nSPS) is 13.2. The molecule has 1 rings (SSSR count). The van der Waals surface area contributed by atoms with Crippen LogP contribution >= 0.6 is 0 Å². The zero-order valence-corrected chi connectivity index (χ0v) is 13.0. The van der Waals surface area contributed by atoms with Crippen LogP contribution in [0.3, 0.4) is 0 Å². The first-order chi connectivity index (χ1) is 9.47. The third-order valence-electron chi connectivity index (χ3n) is 3.76. The van der Waals surface area contributed by atoms with Gasteiger partial charge in [0, 0.05) is 12.6 Å². The fourth-order valence-corrected chi connectivity index (χ4v) is 2.14.